The van der Waals surface area contributed by atoms with Crippen molar-refractivity contribution in [3.8, 4) is 17.2 Å². The molecule has 112 heavy (non-hydrogen) atoms. The van der Waals surface area contributed by atoms with Gasteiger partial charge in [0, 0.05) is 38.6 Å². The smallest absolute Gasteiger partial charge is 0.361 e. The molecule has 6 aliphatic heterocycles. The minimum atomic E-state index is -1.45. The first-order valence-corrected chi connectivity index (χ1v) is 42.0. The van der Waals surface area contributed by atoms with Crippen molar-refractivity contribution in [1.29, 1.82) is 0 Å². The van der Waals surface area contributed by atoms with Crippen molar-refractivity contribution in [3.05, 3.63) is 285 Å². The van der Waals surface area contributed by atoms with E-state index in [-0.39, 0.29) is 59.6 Å². The molecule has 0 aliphatic carbocycles. The summed E-state index contributed by atoms with van der Waals surface area (Å²) in [7, 11) is -1.45. The number of aliphatic carboxylic acids is 1. The Morgan fingerprint density at radius 2 is 0.821 bits per heavy atom. The van der Waals surface area contributed by atoms with E-state index in [9.17, 15) is 28.8 Å². The van der Waals surface area contributed by atoms with Gasteiger partial charge in [0.25, 0.3) is 0 Å². The van der Waals surface area contributed by atoms with Crippen molar-refractivity contribution in [2.24, 2.45) is 4.78 Å². The maximum Gasteiger partial charge on any atom is 0.361 e. The first-order valence-electron chi connectivity index (χ1n) is 37.0. The minimum absolute atomic E-state index is 0.0528. The second-order valence-corrected chi connectivity index (χ2v) is 38.7. The number of carboxylic acid groups (broad SMARTS) is 1. The maximum atomic E-state index is 14.2. The predicted molar refractivity (Wildman–Crippen MR) is 441 cm³/mol. The van der Waals surface area contributed by atoms with Crippen molar-refractivity contribution in [1.82, 2.24) is 20.2 Å². The fourth-order valence-electron chi connectivity index (χ4n) is 15.4. The zero-order valence-corrected chi connectivity index (χ0v) is 68.4. The number of tetrazole rings is 1. The first-order chi connectivity index (χ1) is 52.9. The van der Waals surface area contributed by atoms with E-state index in [1.54, 1.807) is 57.2 Å². The third-order valence-electron chi connectivity index (χ3n) is 21.7. The van der Waals surface area contributed by atoms with Gasteiger partial charge in [-0.15, -0.1) is 4.78 Å². The van der Waals surface area contributed by atoms with Crippen LogP contribution in [0.15, 0.2) is 192 Å². The van der Waals surface area contributed by atoms with E-state index >= 15 is 0 Å². The van der Waals surface area contributed by atoms with E-state index in [1.807, 2.05) is 162 Å². The molecule has 0 spiro atoms. The highest BCUT2D eigenvalue weighted by Crippen LogP contribution is 2.55. The van der Waals surface area contributed by atoms with Crippen LogP contribution in [0.25, 0.3) is 10.4 Å². The van der Waals surface area contributed by atoms with Gasteiger partial charge in [-0.25, -0.2) is 9.89 Å². The number of nitrogens with zero attached hydrogens (tertiary/aromatic N) is 9. The zero-order chi connectivity index (χ0) is 80.4. The summed E-state index contributed by atoms with van der Waals surface area (Å²) in [5.74, 6) is 1.54. The Kier molecular flexibility index (Phi) is 21.7. The molecule has 3 amide bonds. The number of benzene rings is 9. The van der Waals surface area contributed by atoms with Gasteiger partial charge in [-0.3, -0.25) is 38.7 Å². The number of azide groups is 1. The quantitative estimate of drug-likeness (QED) is 0.0359. The van der Waals surface area contributed by atoms with Crippen LogP contribution in [0.5, 0.6) is 17.2 Å². The summed E-state index contributed by atoms with van der Waals surface area (Å²) in [6.45, 7) is 24.7. The second-order valence-electron chi connectivity index (χ2n) is 32.5. The van der Waals surface area contributed by atoms with Gasteiger partial charge < -0.3 is 19.3 Å². The monoisotopic (exact) mass is 1600 g/mol. The fraction of sp³-hybridized carbons (Fsp3) is 0.310. The lowest BCUT2D eigenvalue weighted by Crippen LogP contribution is -2.37. The van der Waals surface area contributed by atoms with Crippen LogP contribution < -0.4 is 34.6 Å². The number of fused-ring (bicyclic) bond motifs is 6. The molecule has 25 heteroatoms. The molecule has 0 unspecified atom stereocenters. The summed E-state index contributed by atoms with van der Waals surface area (Å²) in [4.78, 5) is 84.4. The van der Waals surface area contributed by atoms with E-state index in [1.165, 1.54) is 4.68 Å². The van der Waals surface area contributed by atoms with Crippen LogP contribution in [0.4, 0.5) is 34.1 Å². The molecule has 0 bridgehead atoms. The molecule has 16 rings (SSSR count). The number of hydrogen-bond donors (Lipinski definition) is 2. The normalized spacial score (nSPS) is 19.6. The molecule has 20 nitrogen and oxygen atoms in total. The van der Waals surface area contributed by atoms with Crippen LogP contribution in [0.3, 0.4) is 0 Å². The number of aromatic amines is 1. The molecule has 10 aromatic rings. The second kappa shape index (κ2) is 30.5. The predicted octanol–water partition coefficient (Wildman–Crippen LogP) is 19.7. The summed E-state index contributed by atoms with van der Waals surface area (Å²) >= 11 is 24.8. The molecule has 7 heterocycles. The average molecular weight is 1600 g/mol. The van der Waals surface area contributed by atoms with E-state index in [0.717, 1.165) is 145 Å². The molecule has 3 atom stereocenters. The molecule has 2 N–H and O–H groups in total. The Bertz CT molecular complexity index is 5320. The Balaban J connectivity index is 0.000000141. The number of carboxylic acids is 1. The van der Waals surface area contributed by atoms with Crippen molar-refractivity contribution in [2.45, 2.75) is 173 Å². The average Bonchev–Trinajstić information content (AvgIpc) is 1.57. The minimum Gasteiger partial charge on any atom is -0.488 e. The molecule has 6 aliphatic rings. The van der Waals surface area contributed by atoms with E-state index in [4.69, 9.17) is 71.3 Å². The number of amides is 3. The number of carbonyl (C=O) groups excluding carboxylic acids is 4. The van der Waals surface area contributed by atoms with E-state index in [0.29, 0.717) is 26.3 Å². The van der Waals surface area contributed by atoms with Crippen molar-refractivity contribution in [3.63, 3.8) is 0 Å². The number of hydrogen-bond acceptors (Lipinski definition) is 12. The first kappa shape index (κ1) is 79.6. The van der Waals surface area contributed by atoms with Crippen molar-refractivity contribution in [2.75, 3.05) is 14.7 Å². The number of halogens is 4. The molecule has 1 aromatic heterocycles. The Hall–Kier alpha value is -10.5. The highest BCUT2D eigenvalue weighted by molar-refractivity contribution is 6.74. The standard InChI is InChI=1S/C28H25Cl2NO3.C28H26ClN5O3.C28H26ClNO4.C3H9N3Si/c1-27(2)13-12-18-15-19(6-11-24(18)34-27)28(3)22-16-20(29)7-10-23(22)31(26(28)33)21-8-4-17(5-9-21)14-25(30)32;1-27(2)13-12-18-14-19(6-11-24(18)37-27)28(3)22-15-20(29)7-10-23(22)34(25(28)35)21-8-4-17(5-9-21)16-33-26(36)30-31-32-33;1-27(2)13-12-18-15-19(6-11-24(18)34-27)28(3)22-16-20(29)7-10-23(22)30(26(28)33)21-8-4-17(5-9-21)14-25(31)32;1-7(2,3)6-5-4/h4-11,15-16H,12-14H2,1-3H3;4-11,14-15H,12-13,16H2,1-3H3,(H,30,32,36);4-11,15-16H,12-14H2,1-3H3,(H,31,32);1-3H3/t3*28-;/m000./s1. The number of aromatic nitrogens is 4. The Labute approximate surface area is 671 Å². The summed E-state index contributed by atoms with van der Waals surface area (Å²) in [5.41, 5.74) is 19.6. The summed E-state index contributed by atoms with van der Waals surface area (Å²) < 4.78 is 23.3. The van der Waals surface area contributed by atoms with Crippen molar-refractivity contribution >= 4 is 118 Å². The summed E-state index contributed by atoms with van der Waals surface area (Å²) in [5, 5.41) is 20.0. The summed E-state index contributed by atoms with van der Waals surface area (Å²) in [6.07, 6.45) is 5.49. The van der Waals surface area contributed by atoms with Crippen LogP contribution in [0, 0.1) is 0 Å². The topological polar surface area (TPSA) is 255 Å². The number of H-pyrrole nitrogens is 1. The number of aryl methyl sites for hydroxylation is 3. The summed E-state index contributed by atoms with van der Waals surface area (Å²) in [6, 6.07) is 56.8. The van der Waals surface area contributed by atoms with Gasteiger partial charge in [-0.05, 0) is 309 Å². The number of ether oxygens (including phenoxy) is 3. The van der Waals surface area contributed by atoms with E-state index in [2.05, 4.69) is 85.0 Å². The molecular formula is C87H86Cl4N10O10Si. The molecule has 0 fully saturated rings. The van der Waals surface area contributed by atoms with Gasteiger partial charge in [0.1, 0.15) is 42.3 Å². The van der Waals surface area contributed by atoms with Gasteiger partial charge in [0.15, 0.2) is 0 Å². The van der Waals surface area contributed by atoms with Crippen LogP contribution in [0.1, 0.15) is 148 Å². The highest BCUT2D eigenvalue weighted by atomic mass is 35.5. The van der Waals surface area contributed by atoms with Crippen molar-refractivity contribution < 1.29 is 43.3 Å². The van der Waals surface area contributed by atoms with Crippen LogP contribution in [-0.4, -0.2) is 79.3 Å². The van der Waals surface area contributed by atoms with Gasteiger partial charge in [-0.2, -0.15) is 4.68 Å². The van der Waals surface area contributed by atoms with Gasteiger partial charge >= 0.3 is 11.7 Å². The third kappa shape index (κ3) is 15.9. The Morgan fingerprint density at radius 1 is 0.491 bits per heavy atom. The lowest BCUT2D eigenvalue weighted by molar-refractivity contribution is -0.136. The van der Waals surface area contributed by atoms with Gasteiger partial charge in [0.05, 0.1) is 46.3 Å². The SMILES string of the molecule is CC1(C)CCc2cc([C@]3(C)C(=O)N(c4ccc(CC(=O)Cl)cc4)c4ccc(Cl)cc43)ccc2O1.CC1(C)CCc2cc([C@]3(C)C(=O)N(c4ccc(CC(=O)O)cc4)c4ccc(Cl)cc43)ccc2O1.CC1(C)CCc2cc([C@]3(C)C(=O)N(c4ccc(Cn5nn[nH]c5=O)cc4)c4ccc(Cl)cc43)ccc2O1.C[Si](C)(C)N=[N+]=[N-]. The lowest BCUT2D eigenvalue weighted by Gasteiger charge is -2.34. The lowest BCUT2D eigenvalue weighted by atomic mass is 9.76. The van der Waals surface area contributed by atoms with Crippen LogP contribution >= 0.6 is 46.4 Å². The van der Waals surface area contributed by atoms with Gasteiger partial charge in [0.2, 0.25) is 23.0 Å². The number of carbonyl (C=O) groups is 5. The van der Waals surface area contributed by atoms with E-state index < -0.39 is 35.7 Å². The largest absolute Gasteiger partial charge is 0.488 e. The zero-order valence-electron chi connectivity index (χ0n) is 64.3. The van der Waals surface area contributed by atoms with Gasteiger partial charge in [-0.1, -0.05) is 127 Å². The molecule has 0 saturated carbocycles. The number of nitrogens with one attached hydrogen (secondary N) is 1. The van der Waals surface area contributed by atoms with Crippen LogP contribution in [0.2, 0.25) is 34.7 Å². The highest BCUT2D eigenvalue weighted by Gasteiger charge is 2.53. The third-order valence-corrected chi connectivity index (χ3v) is 23.2. The maximum absolute atomic E-state index is 14.2. The molecule has 576 valence electrons. The Morgan fingerprint density at radius 3 is 1.11 bits per heavy atom. The molecule has 0 radical (unpaired) electrons. The molecule has 9 aromatic carbocycles. The molecule has 0 saturated heterocycles. The number of rotatable bonds is 13. The van der Waals surface area contributed by atoms with Crippen LogP contribution in [-0.2, 0) is 78.9 Å². The fourth-order valence-corrected chi connectivity index (χ4v) is 16.3. The number of anilines is 6. The molecular weight excluding hydrogens is 1510 g/mol.